The van der Waals surface area contributed by atoms with E-state index in [0.717, 1.165) is 41.5 Å². The number of carbonyl (C=O) groups is 6. The second kappa shape index (κ2) is 16.5. The lowest BCUT2D eigenvalue weighted by molar-refractivity contribution is -0.345. The Hall–Kier alpha value is -4.32. The van der Waals surface area contributed by atoms with Crippen molar-refractivity contribution in [2.75, 3.05) is 13.2 Å². The lowest BCUT2D eigenvalue weighted by Crippen LogP contribution is -2.66. The number of esters is 6. The van der Waals surface area contributed by atoms with Gasteiger partial charge in [0.2, 0.25) is 0 Å². The van der Waals surface area contributed by atoms with Crippen LogP contribution in [0.4, 0.5) is 0 Å². The van der Waals surface area contributed by atoms with E-state index < -0.39 is 110 Å². The minimum Gasteiger partial charge on any atom is -0.508 e. The van der Waals surface area contributed by atoms with Crippen LogP contribution < -0.4 is 0 Å². The summed E-state index contributed by atoms with van der Waals surface area (Å²) in [7, 11) is 0. The van der Waals surface area contributed by atoms with Crippen molar-refractivity contribution in [1.29, 1.82) is 0 Å². The smallest absolute Gasteiger partial charge is 0.303 e. The predicted octanol–water partition coefficient (Wildman–Crippen LogP) is 0.156. The van der Waals surface area contributed by atoms with E-state index in [-0.39, 0.29) is 11.3 Å². The summed E-state index contributed by atoms with van der Waals surface area (Å²) in [4.78, 5) is 72.2. The third-order valence-corrected chi connectivity index (χ3v) is 6.85. The van der Waals surface area contributed by atoms with Gasteiger partial charge >= 0.3 is 35.8 Å². The van der Waals surface area contributed by atoms with Crippen LogP contribution >= 0.6 is 0 Å². The fourth-order valence-electron chi connectivity index (χ4n) is 5.18. The van der Waals surface area contributed by atoms with Gasteiger partial charge in [-0.1, -0.05) is 12.1 Å². The number of phenolic OH excluding ortho intramolecular Hbond substituents is 1. The van der Waals surface area contributed by atoms with Crippen LogP contribution in [0.25, 0.3) is 0 Å². The summed E-state index contributed by atoms with van der Waals surface area (Å²) in [5.74, 6) is -5.09. The maximum Gasteiger partial charge on any atom is 0.303 e. The molecule has 1 aromatic carbocycles. The maximum atomic E-state index is 12.3. The number of benzene rings is 1. The Morgan fingerprint density at radius 2 is 1.11 bits per heavy atom. The topological polar surface area (TPSA) is 226 Å². The summed E-state index contributed by atoms with van der Waals surface area (Å²) >= 11 is 0. The number of hydrogen-bond acceptors (Lipinski definition) is 17. The maximum absolute atomic E-state index is 12.3. The van der Waals surface area contributed by atoms with E-state index >= 15 is 0 Å². The minimum absolute atomic E-state index is 0.172. The molecule has 0 spiro atoms. The Labute approximate surface area is 269 Å². The number of ether oxygens (including phenoxy) is 9. The third kappa shape index (κ3) is 10.3. The van der Waals surface area contributed by atoms with Gasteiger partial charge in [-0.05, 0) is 17.7 Å². The molecule has 0 bridgehead atoms. The highest BCUT2D eigenvalue weighted by molar-refractivity contribution is 5.69. The molecule has 10 atom stereocenters. The monoisotopic (exact) mass is 670 g/mol. The van der Waals surface area contributed by atoms with Crippen molar-refractivity contribution in [3.8, 4) is 5.75 Å². The summed E-state index contributed by atoms with van der Waals surface area (Å²) < 4.78 is 50.2. The first-order valence-electron chi connectivity index (χ1n) is 14.5. The second-order valence-electron chi connectivity index (χ2n) is 10.7. The molecule has 2 fully saturated rings. The molecule has 2 aliphatic heterocycles. The molecule has 17 heteroatoms. The highest BCUT2D eigenvalue weighted by Crippen LogP contribution is 2.39. The molecule has 0 aromatic heterocycles. The Morgan fingerprint density at radius 1 is 0.638 bits per heavy atom. The van der Waals surface area contributed by atoms with Gasteiger partial charge in [0.05, 0.1) is 0 Å². The van der Waals surface area contributed by atoms with E-state index in [1.165, 1.54) is 24.3 Å². The molecule has 3 rings (SSSR count). The van der Waals surface area contributed by atoms with Crippen LogP contribution in [0.15, 0.2) is 24.3 Å². The van der Waals surface area contributed by atoms with E-state index in [0.29, 0.717) is 0 Å². The molecule has 0 amide bonds. The molecule has 17 nitrogen and oxygen atoms in total. The summed E-state index contributed by atoms with van der Waals surface area (Å²) in [5.41, 5.74) is 0.252. The number of carbonyl (C=O) groups excluding carboxylic acids is 6. The normalized spacial score (nSPS) is 30.3. The Balaban J connectivity index is 2.14. The van der Waals surface area contributed by atoms with Crippen LogP contribution in [0.3, 0.4) is 0 Å². The number of aliphatic hydroxyl groups excluding tert-OH is 1. The zero-order chi connectivity index (χ0) is 35.0. The fourth-order valence-corrected chi connectivity index (χ4v) is 5.18. The van der Waals surface area contributed by atoms with Crippen LogP contribution in [-0.4, -0.2) is 114 Å². The van der Waals surface area contributed by atoms with Crippen molar-refractivity contribution in [2.45, 2.75) is 103 Å². The Bertz CT molecular complexity index is 1310. The lowest BCUT2D eigenvalue weighted by atomic mass is 9.90. The van der Waals surface area contributed by atoms with Crippen molar-refractivity contribution < 1.29 is 81.6 Å². The molecule has 2 N–H and O–H groups in total. The van der Waals surface area contributed by atoms with Gasteiger partial charge in [0.15, 0.2) is 30.7 Å². The van der Waals surface area contributed by atoms with E-state index in [1.807, 2.05) is 0 Å². The molecule has 47 heavy (non-hydrogen) atoms. The van der Waals surface area contributed by atoms with Gasteiger partial charge in [-0.2, -0.15) is 0 Å². The molecular formula is C30H38O17. The van der Waals surface area contributed by atoms with Crippen molar-refractivity contribution in [3.05, 3.63) is 29.8 Å². The third-order valence-electron chi connectivity index (χ3n) is 6.85. The van der Waals surface area contributed by atoms with Gasteiger partial charge in [-0.15, -0.1) is 0 Å². The van der Waals surface area contributed by atoms with Gasteiger partial charge in [-0.25, -0.2) is 0 Å². The largest absolute Gasteiger partial charge is 0.508 e. The number of hydrogen-bond donors (Lipinski definition) is 2. The van der Waals surface area contributed by atoms with Crippen LogP contribution in [0.5, 0.6) is 5.75 Å². The number of aromatic hydroxyl groups is 1. The Morgan fingerprint density at radius 3 is 1.60 bits per heavy atom. The second-order valence-corrected chi connectivity index (χ2v) is 10.7. The van der Waals surface area contributed by atoms with Gasteiger partial charge in [0, 0.05) is 41.5 Å². The number of phenols is 1. The highest BCUT2D eigenvalue weighted by Gasteiger charge is 2.56. The van der Waals surface area contributed by atoms with Crippen molar-refractivity contribution >= 4 is 35.8 Å². The average molecular weight is 671 g/mol. The van der Waals surface area contributed by atoms with Crippen molar-refractivity contribution in [1.82, 2.24) is 0 Å². The van der Waals surface area contributed by atoms with Crippen molar-refractivity contribution in [3.63, 3.8) is 0 Å². The SMILES string of the molecule is CC(=O)OC[C@H]1O[C@H](O[C@H]2[C@H](OC(C)=O)[C@@H](COC(C)=O)OC(c3cccc(O)c3)[C@H]2O)[C@@H](OC(C)=O)[C@@H](OC(C)=O)[C@@H]1OC(C)=O. The van der Waals surface area contributed by atoms with Gasteiger partial charge < -0.3 is 52.8 Å². The number of rotatable bonds is 11. The molecule has 260 valence electrons. The molecule has 1 aromatic rings. The van der Waals surface area contributed by atoms with Crippen LogP contribution in [0.1, 0.15) is 53.2 Å². The predicted molar refractivity (Wildman–Crippen MR) is 151 cm³/mol. The minimum atomic E-state index is -1.77. The first kappa shape index (κ1) is 37.1. The molecular weight excluding hydrogens is 632 g/mol. The zero-order valence-electron chi connectivity index (χ0n) is 26.5. The summed E-state index contributed by atoms with van der Waals surface area (Å²) in [6, 6.07) is 5.68. The average Bonchev–Trinajstić information content (AvgIpc) is 2.95. The molecule has 2 saturated heterocycles. The van der Waals surface area contributed by atoms with Gasteiger partial charge in [-0.3, -0.25) is 28.8 Å². The van der Waals surface area contributed by atoms with Crippen LogP contribution in [0, 0.1) is 0 Å². The highest BCUT2D eigenvalue weighted by atomic mass is 16.7. The molecule has 0 aliphatic carbocycles. The summed E-state index contributed by atoms with van der Waals surface area (Å²) in [6.45, 7) is 5.42. The molecule has 0 saturated carbocycles. The first-order chi connectivity index (χ1) is 22.1. The van der Waals surface area contributed by atoms with Gasteiger partial charge in [0.25, 0.3) is 0 Å². The van der Waals surface area contributed by atoms with E-state index in [9.17, 15) is 39.0 Å². The molecule has 1 unspecified atom stereocenters. The van der Waals surface area contributed by atoms with Crippen molar-refractivity contribution in [2.24, 2.45) is 0 Å². The Kier molecular flexibility index (Phi) is 13.0. The standard InChI is InChI=1S/C30H38O17/c1-13(31)39-11-21-25(41-15(3)33)27(23(38)24(45-21)19-8-7-9-20(37)10-19)47-30-29(44-18(6)36)28(43-17(5)35)26(42-16(4)34)22(46-30)12-40-14(2)32/h7-10,21-30,37-38H,11-12H2,1-6H3/t21-,22-,23-,24?,25-,26-,27-,28+,29+,30-/m1/s1. The molecule has 0 radical (unpaired) electrons. The first-order valence-corrected chi connectivity index (χ1v) is 14.5. The van der Waals surface area contributed by atoms with E-state index in [1.54, 1.807) is 0 Å². The molecule has 2 aliphatic rings. The summed E-state index contributed by atoms with van der Waals surface area (Å²) in [5, 5.41) is 21.8. The van der Waals surface area contributed by atoms with E-state index in [4.69, 9.17) is 42.6 Å². The fraction of sp³-hybridized carbons (Fsp3) is 0.600. The summed E-state index contributed by atoms with van der Waals surface area (Å²) in [6.07, 6.45) is -15.3. The van der Waals surface area contributed by atoms with Crippen LogP contribution in [0.2, 0.25) is 0 Å². The molecule has 2 heterocycles. The van der Waals surface area contributed by atoms with Crippen LogP contribution in [-0.2, 0) is 71.4 Å². The quantitative estimate of drug-likeness (QED) is 0.236. The van der Waals surface area contributed by atoms with E-state index in [2.05, 4.69) is 0 Å². The zero-order valence-corrected chi connectivity index (χ0v) is 26.5. The number of aliphatic hydroxyl groups is 1. The lowest BCUT2D eigenvalue weighted by Gasteiger charge is -2.48. The van der Waals surface area contributed by atoms with Gasteiger partial charge in [0.1, 0.15) is 49.5 Å².